The molecule has 0 bridgehead atoms. The fourth-order valence-electron chi connectivity index (χ4n) is 0.257. The normalized spacial score (nSPS) is 8.00. The number of rotatable bonds is 4. The molecule has 0 heterocycles. The Kier molecular flexibility index (Phi) is 6.69. The third-order valence-corrected chi connectivity index (χ3v) is 4.53. The molecule has 0 aliphatic rings. The van der Waals surface area contributed by atoms with Gasteiger partial charge in [0.25, 0.3) is 0 Å². The van der Waals surface area contributed by atoms with Gasteiger partial charge in [-0.3, -0.25) is 0 Å². The quantitative estimate of drug-likeness (QED) is 0.421. The van der Waals surface area contributed by atoms with Gasteiger partial charge in [-0.25, -0.2) is 0 Å². The molecule has 38 valence electrons. The van der Waals surface area contributed by atoms with Crippen molar-refractivity contribution in [3.05, 3.63) is 25.3 Å². The van der Waals surface area contributed by atoms with Crippen molar-refractivity contribution in [1.82, 2.24) is 0 Å². The first kappa shape index (κ1) is 7.36. The van der Waals surface area contributed by atoms with Crippen molar-refractivity contribution in [2.24, 2.45) is 0 Å². The van der Waals surface area contributed by atoms with E-state index in [1.807, 2.05) is 12.2 Å². The second-order valence-corrected chi connectivity index (χ2v) is 5.74. The fraction of sp³-hybridized carbons (Fsp3) is 0.333. The molecule has 0 aliphatic heterocycles. The zero-order valence-electron chi connectivity index (χ0n) is 4.43. The Labute approximate surface area is 56.9 Å². The van der Waals surface area contributed by atoms with Crippen LogP contribution in [0.15, 0.2) is 25.3 Å². The molecule has 7 heavy (non-hydrogen) atoms. The van der Waals surface area contributed by atoms with Crippen LogP contribution in [0.2, 0.25) is 8.26 Å². The summed E-state index contributed by atoms with van der Waals surface area (Å²) in [6.07, 6.45) is 4.03. The zero-order chi connectivity index (χ0) is 5.54. The van der Waals surface area contributed by atoms with Crippen LogP contribution in [0.3, 0.4) is 0 Å². The Morgan fingerprint density at radius 3 is 1.86 bits per heavy atom. The molecule has 0 atom stereocenters. The Bertz CT molecular complexity index is 49.2. The summed E-state index contributed by atoms with van der Waals surface area (Å²) >= 11 is -0.133. The molecule has 0 aromatic carbocycles. The van der Waals surface area contributed by atoms with Crippen molar-refractivity contribution < 1.29 is 0 Å². The summed E-state index contributed by atoms with van der Waals surface area (Å²) in [7, 11) is 0. The summed E-state index contributed by atoms with van der Waals surface area (Å²) in [5.41, 5.74) is 0. The molecule has 0 unspecified atom stereocenters. The Balaban J connectivity index is 2.68. The van der Waals surface area contributed by atoms with Gasteiger partial charge in [-0.2, -0.15) is 0 Å². The monoisotopic (exact) mass is 291 g/mol. The van der Waals surface area contributed by atoms with Crippen LogP contribution >= 0.6 is 0 Å². The molecule has 0 amide bonds. The van der Waals surface area contributed by atoms with E-state index in [9.17, 15) is 0 Å². The van der Waals surface area contributed by atoms with E-state index in [1.165, 1.54) is 8.26 Å². The Morgan fingerprint density at radius 2 is 1.57 bits per heavy atom. The van der Waals surface area contributed by atoms with Gasteiger partial charge in [0.05, 0.1) is 0 Å². The van der Waals surface area contributed by atoms with Gasteiger partial charge in [-0.1, -0.05) is 0 Å². The average molecular weight is 291 g/mol. The minimum atomic E-state index is -0.133. The molecule has 0 fully saturated rings. The first-order chi connectivity index (χ1) is 3.41. The van der Waals surface area contributed by atoms with Crippen LogP contribution in [-0.4, -0.2) is 23.2 Å². The second-order valence-electron chi connectivity index (χ2n) is 1.17. The van der Waals surface area contributed by atoms with Crippen LogP contribution in [0.4, 0.5) is 0 Å². The van der Waals surface area contributed by atoms with Crippen LogP contribution in [0, 0.1) is 0 Å². The van der Waals surface area contributed by atoms with E-state index >= 15 is 0 Å². The van der Waals surface area contributed by atoms with Gasteiger partial charge in [0.2, 0.25) is 0 Å². The van der Waals surface area contributed by atoms with Crippen molar-refractivity contribution in [3.63, 3.8) is 0 Å². The summed E-state index contributed by atoms with van der Waals surface area (Å²) in [5, 5.41) is 0. The minimum absolute atomic E-state index is 0.133. The number of hydrogen-bond donors (Lipinski definition) is 0. The third-order valence-electron chi connectivity index (χ3n) is 0.516. The molecule has 0 rings (SSSR count). The van der Waals surface area contributed by atoms with E-state index in [1.54, 1.807) is 0 Å². The predicted molar refractivity (Wildman–Crippen MR) is 35.8 cm³/mol. The van der Waals surface area contributed by atoms with Crippen LogP contribution in [0.5, 0.6) is 0 Å². The SMILES string of the molecule is C=C[CH2][Bi+][CH2]C=C. The maximum absolute atomic E-state index is 3.64. The van der Waals surface area contributed by atoms with Crippen LogP contribution in [-0.2, 0) is 0 Å². The molecule has 0 nitrogen and oxygen atoms in total. The number of allylic oxidation sites excluding steroid dienone is 2. The molecule has 2 radical (unpaired) electrons. The van der Waals surface area contributed by atoms with Gasteiger partial charge in [-0.05, 0) is 0 Å². The number of hydrogen-bond acceptors (Lipinski definition) is 0. The van der Waals surface area contributed by atoms with Crippen molar-refractivity contribution in [2.75, 3.05) is 0 Å². The molecule has 0 aliphatic carbocycles. The van der Waals surface area contributed by atoms with E-state index in [4.69, 9.17) is 0 Å². The van der Waals surface area contributed by atoms with Gasteiger partial charge < -0.3 is 0 Å². The molecular weight excluding hydrogens is 281 g/mol. The van der Waals surface area contributed by atoms with E-state index in [-0.39, 0.29) is 23.2 Å². The Hall–Kier alpha value is 0.363. The van der Waals surface area contributed by atoms with Crippen molar-refractivity contribution >= 4 is 23.2 Å². The second kappa shape index (κ2) is 6.36. The average Bonchev–Trinajstić information content (AvgIpc) is 1.69. The fourth-order valence-corrected chi connectivity index (χ4v) is 2.26. The molecule has 0 N–H and O–H groups in total. The topological polar surface area (TPSA) is 0 Å². The van der Waals surface area contributed by atoms with E-state index in [0.717, 1.165) is 0 Å². The molecule has 0 aromatic rings. The predicted octanol–water partition coefficient (Wildman–Crippen LogP) is 1.90. The van der Waals surface area contributed by atoms with Crippen molar-refractivity contribution in [1.29, 1.82) is 0 Å². The first-order valence-electron chi connectivity index (χ1n) is 2.27. The molecular formula is C6H10Bi+. The van der Waals surface area contributed by atoms with Gasteiger partial charge >= 0.3 is 56.8 Å². The van der Waals surface area contributed by atoms with E-state index in [0.29, 0.717) is 0 Å². The summed E-state index contributed by atoms with van der Waals surface area (Å²) in [5.74, 6) is 0. The maximum atomic E-state index is 3.64. The summed E-state index contributed by atoms with van der Waals surface area (Å²) in [6, 6.07) is 0. The van der Waals surface area contributed by atoms with Crippen LogP contribution in [0.25, 0.3) is 0 Å². The van der Waals surface area contributed by atoms with Gasteiger partial charge in [0.15, 0.2) is 0 Å². The summed E-state index contributed by atoms with van der Waals surface area (Å²) < 4.78 is 2.60. The third kappa shape index (κ3) is 6.36. The molecule has 0 spiro atoms. The standard InChI is InChI=1S/2C3H5.Bi/c2*1-3-2;/h2*3H,1-2H2;/q;;+1. The summed E-state index contributed by atoms with van der Waals surface area (Å²) in [4.78, 5) is 0. The van der Waals surface area contributed by atoms with Crippen LogP contribution < -0.4 is 0 Å². The van der Waals surface area contributed by atoms with Crippen molar-refractivity contribution in [2.45, 2.75) is 8.26 Å². The zero-order valence-corrected chi connectivity index (χ0v) is 7.91. The van der Waals surface area contributed by atoms with Gasteiger partial charge in [0, 0.05) is 0 Å². The Morgan fingerprint density at radius 1 is 1.14 bits per heavy atom. The van der Waals surface area contributed by atoms with E-state index in [2.05, 4.69) is 13.2 Å². The van der Waals surface area contributed by atoms with Crippen LogP contribution in [0.1, 0.15) is 0 Å². The van der Waals surface area contributed by atoms with Crippen molar-refractivity contribution in [3.8, 4) is 0 Å². The molecule has 0 saturated heterocycles. The molecule has 1 heteroatoms. The van der Waals surface area contributed by atoms with E-state index < -0.39 is 0 Å². The molecule has 0 aromatic heterocycles. The first-order valence-corrected chi connectivity index (χ1v) is 7.18. The molecule has 0 saturated carbocycles. The summed E-state index contributed by atoms with van der Waals surface area (Å²) in [6.45, 7) is 7.29. The van der Waals surface area contributed by atoms with Gasteiger partial charge in [0.1, 0.15) is 0 Å². The van der Waals surface area contributed by atoms with Gasteiger partial charge in [-0.15, -0.1) is 0 Å².